The van der Waals surface area contributed by atoms with Crippen molar-refractivity contribution >= 4 is 28.8 Å². The van der Waals surface area contributed by atoms with Crippen molar-refractivity contribution < 1.29 is 0 Å². The first-order valence-corrected chi connectivity index (χ1v) is 8.67. The number of alkyl halides is 2. The number of aromatic nitrogens is 4. The van der Waals surface area contributed by atoms with Crippen LogP contribution < -0.4 is 0 Å². The van der Waals surface area contributed by atoms with Gasteiger partial charge in [0.1, 0.15) is 0 Å². The second kappa shape index (κ2) is 6.47. The Morgan fingerprint density at radius 1 is 0.880 bits per heavy atom. The maximum atomic E-state index is 6.01. The highest BCUT2D eigenvalue weighted by Gasteiger charge is 2.16. The predicted molar refractivity (Wildman–Crippen MR) is 101 cm³/mol. The SMILES string of the molecule is Cc1ccc(-c2cc3nc(C(Cl)Cl)nc(-c4ccccc4)n3n2)cc1. The summed E-state index contributed by atoms with van der Waals surface area (Å²) in [5, 5.41) is 4.69. The Morgan fingerprint density at radius 3 is 2.28 bits per heavy atom. The summed E-state index contributed by atoms with van der Waals surface area (Å²) < 4.78 is 1.73. The van der Waals surface area contributed by atoms with Crippen molar-refractivity contribution in [3.63, 3.8) is 0 Å². The van der Waals surface area contributed by atoms with Crippen LogP contribution in [0.4, 0.5) is 0 Å². The lowest BCUT2D eigenvalue weighted by atomic mass is 10.1. The molecule has 6 heteroatoms. The summed E-state index contributed by atoms with van der Waals surface area (Å²) in [4.78, 5) is 8.17. The molecule has 0 unspecified atom stereocenters. The molecular formula is C19H14Cl2N4. The van der Waals surface area contributed by atoms with Gasteiger partial charge in [-0.2, -0.15) is 9.61 Å². The van der Waals surface area contributed by atoms with E-state index >= 15 is 0 Å². The zero-order valence-electron chi connectivity index (χ0n) is 13.4. The van der Waals surface area contributed by atoms with Crippen molar-refractivity contribution in [1.29, 1.82) is 0 Å². The van der Waals surface area contributed by atoms with E-state index in [0.717, 1.165) is 16.8 Å². The van der Waals surface area contributed by atoms with E-state index in [0.29, 0.717) is 17.3 Å². The first-order chi connectivity index (χ1) is 12.1. The van der Waals surface area contributed by atoms with Crippen LogP contribution in [-0.4, -0.2) is 19.6 Å². The van der Waals surface area contributed by atoms with Gasteiger partial charge in [0.05, 0.1) is 5.69 Å². The molecule has 2 aromatic heterocycles. The summed E-state index contributed by atoms with van der Waals surface area (Å²) in [6.45, 7) is 2.06. The lowest BCUT2D eigenvalue weighted by Gasteiger charge is -2.07. The van der Waals surface area contributed by atoms with Crippen LogP contribution in [0.3, 0.4) is 0 Å². The minimum absolute atomic E-state index is 0.366. The second-order valence-electron chi connectivity index (χ2n) is 5.74. The summed E-state index contributed by atoms with van der Waals surface area (Å²) >= 11 is 12.0. The smallest absolute Gasteiger partial charge is 0.167 e. The van der Waals surface area contributed by atoms with Gasteiger partial charge in [-0.1, -0.05) is 83.4 Å². The summed E-state index contributed by atoms with van der Waals surface area (Å²) in [7, 11) is 0. The van der Waals surface area contributed by atoms with Crippen LogP contribution >= 0.6 is 23.2 Å². The van der Waals surface area contributed by atoms with Gasteiger partial charge in [-0.3, -0.25) is 0 Å². The molecule has 4 aromatic rings. The van der Waals surface area contributed by atoms with E-state index in [4.69, 9.17) is 28.3 Å². The van der Waals surface area contributed by atoms with Crippen molar-refractivity contribution in [1.82, 2.24) is 19.6 Å². The molecule has 0 bridgehead atoms. The van der Waals surface area contributed by atoms with Gasteiger partial charge >= 0.3 is 0 Å². The maximum absolute atomic E-state index is 6.01. The minimum atomic E-state index is -0.801. The molecule has 0 aliphatic carbocycles. The Bertz CT molecular complexity index is 1020. The fourth-order valence-corrected chi connectivity index (χ4v) is 2.84. The number of aryl methyl sites for hydroxylation is 1. The van der Waals surface area contributed by atoms with E-state index in [1.165, 1.54) is 5.56 Å². The lowest BCUT2D eigenvalue weighted by Crippen LogP contribution is -2.04. The van der Waals surface area contributed by atoms with Crippen molar-refractivity contribution in [2.24, 2.45) is 0 Å². The molecule has 124 valence electrons. The zero-order chi connectivity index (χ0) is 17.4. The lowest BCUT2D eigenvalue weighted by molar-refractivity contribution is 0.873. The summed E-state index contributed by atoms with van der Waals surface area (Å²) in [6, 6.07) is 19.9. The number of halogens is 2. The standard InChI is InChI=1S/C19H14Cl2N4/c1-12-7-9-13(10-8-12)15-11-16-22-18(17(20)21)23-19(25(16)24-15)14-5-3-2-4-6-14/h2-11,17H,1H3. The van der Waals surface area contributed by atoms with E-state index in [1.54, 1.807) is 4.52 Å². The molecule has 0 amide bonds. The molecule has 0 fully saturated rings. The van der Waals surface area contributed by atoms with Crippen molar-refractivity contribution in [2.45, 2.75) is 11.8 Å². The van der Waals surface area contributed by atoms with Crippen LogP contribution in [0.25, 0.3) is 28.3 Å². The number of nitrogens with zero attached hydrogens (tertiary/aromatic N) is 4. The first-order valence-electron chi connectivity index (χ1n) is 7.80. The quantitative estimate of drug-likeness (QED) is 0.464. The van der Waals surface area contributed by atoms with E-state index in [-0.39, 0.29) is 0 Å². The zero-order valence-corrected chi connectivity index (χ0v) is 14.9. The van der Waals surface area contributed by atoms with Gasteiger partial charge in [-0.05, 0) is 6.92 Å². The number of hydrogen-bond donors (Lipinski definition) is 0. The van der Waals surface area contributed by atoms with Crippen LogP contribution in [0.5, 0.6) is 0 Å². The monoisotopic (exact) mass is 368 g/mol. The van der Waals surface area contributed by atoms with Crippen LogP contribution in [0.1, 0.15) is 16.2 Å². The van der Waals surface area contributed by atoms with Crippen LogP contribution in [-0.2, 0) is 0 Å². The minimum Gasteiger partial charge on any atom is -0.211 e. The van der Waals surface area contributed by atoms with Gasteiger partial charge in [0.25, 0.3) is 0 Å². The summed E-state index contributed by atoms with van der Waals surface area (Å²) in [5.74, 6) is 1.02. The Balaban J connectivity index is 1.95. The van der Waals surface area contributed by atoms with Crippen LogP contribution in [0, 0.1) is 6.92 Å². The Hall–Kier alpha value is -2.43. The molecule has 2 aromatic carbocycles. The molecule has 0 aliphatic heterocycles. The highest BCUT2D eigenvalue weighted by Crippen LogP contribution is 2.27. The molecule has 2 heterocycles. The topological polar surface area (TPSA) is 43.1 Å². The highest BCUT2D eigenvalue weighted by molar-refractivity contribution is 6.43. The van der Waals surface area contributed by atoms with Crippen LogP contribution in [0.15, 0.2) is 60.7 Å². The summed E-state index contributed by atoms with van der Waals surface area (Å²) in [6.07, 6.45) is 0. The van der Waals surface area contributed by atoms with Gasteiger partial charge in [0.2, 0.25) is 0 Å². The Labute approximate surface area is 155 Å². The first kappa shape index (κ1) is 16.1. The third kappa shape index (κ3) is 3.11. The molecule has 0 saturated heterocycles. The molecule has 0 N–H and O–H groups in total. The molecular weight excluding hydrogens is 355 g/mol. The fraction of sp³-hybridized carbons (Fsp3) is 0.105. The maximum Gasteiger partial charge on any atom is 0.167 e. The van der Waals surface area contributed by atoms with E-state index in [1.807, 2.05) is 48.5 Å². The number of benzene rings is 2. The average Bonchev–Trinajstić information content (AvgIpc) is 3.06. The Morgan fingerprint density at radius 2 is 1.60 bits per heavy atom. The van der Waals surface area contributed by atoms with E-state index < -0.39 is 4.84 Å². The second-order valence-corrected chi connectivity index (χ2v) is 6.83. The molecule has 0 radical (unpaired) electrons. The van der Waals surface area contributed by atoms with Crippen molar-refractivity contribution in [3.05, 3.63) is 72.1 Å². The largest absolute Gasteiger partial charge is 0.211 e. The molecule has 0 aliphatic rings. The number of hydrogen-bond acceptors (Lipinski definition) is 3. The fourth-order valence-electron chi connectivity index (χ4n) is 2.64. The van der Waals surface area contributed by atoms with Gasteiger partial charge in [-0.25, -0.2) is 9.97 Å². The third-order valence-corrected chi connectivity index (χ3v) is 4.31. The van der Waals surface area contributed by atoms with Gasteiger partial charge in [0, 0.05) is 17.2 Å². The highest BCUT2D eigenvalue weighted by atomic mass is 35.5. The molecule has 0 saturated carbocycles. The normalized spacial score (nSPS) is 11.4. The average molecular weight is 369 g/mol. The van der Waals surface area contributed by atoms with Gasteiger partial charge in [-0.15, -0.1) is 0 Å². The molecule has 0 spiro atoms. The predicted octanol–water partition coefficient (Wildman–Crippen LogP) is 5.24. The molecule has 0 atom stereocenters. The number of rotatable bonds is 3. The van der Waals surface area contributed by atoms with Crippen LogP contribution in [0.2, 0.25) is 0 Å². The Kier molecular flexibility index (Phi) is 4.15. The molecule has 4 rings (SSSR count). The van der Waals surface area contributed by atoms with E-state index in [9.17, 15) is 0 Å². The van der Waals surface area contributed by atoms with Gasteiger partial charge in [0.15, 0.2) is 22.1 Å². The summed E-state index contributed by atoms with van der Waals surface area (Å²) in [5.41, 5.74) is 4.62. The van der Waals surface area contributed by atoms with Crippen molar-refractivity contribution in [3.8, 4) is 22.6 Å². The third-order valence-electron chi connectivity index (χ3n) is 3.92. The van der Waals surface area contributed by atoms with Crippen molar-refractivity contribution in [2.75, 3.05) is 0 Å². The molecule has 25 heavy (non-hydrogen) atoms. The van der Waals surface area contributed by atoms with E-state index in [2.05, 4.69) is 29.0 Å². The molecule has 4 nitrogen and oxygen atoms in total. The van der Waals surface area contributed by atoms with Gasteiger partial charge < -0.3 is 0 Å². The number of fused-ring (bicyclic) bond motifs is 1.